The van der Waals surface area contributed by atoms with Gasteiger partial charge in [-0.05, 0) is 38.5 Å². The molecule has 0 radical (unpaired) electrons. The molecular formula is C55H107O8P. The van der Waals surface area contributed by atoms with Gasteiger partial charge < -0.3 is 14.4 Å². The number of phosphoric acid groups is 1. The van der Waals surface area contributed by atoms with Crippen molar-refractivity contribution >= 4 is 19.8 Å². The van der Waals surface area contributed by atoms with E-state index < -0.39 is 26.5 Å². The maximum absolute atomic E-state index is 12.6. The topological polar surface area (TPSA) is 108 Å². The van der Waals surface area contributed by atoms with Gasteiger partial charge in [-0.15, -0.1) is 0 Å². The lowest BCUT2D eigenvalue weighted by Gasteiger charge is -2.19. The third kappa shape index (κ3) is 50.2. The monoisotopic (exact) mass is 927 g/mol. The molecule has 0 spiro atoms. The average Bonchev–Trinajstić information content (AvgIpc) is 3.29. The maximum Gasteiger partial charge on any atom is 0.472 e. The molecule has 2 atom stereocenters. The zero-order chi connectivity index (χ0) is 46.7. The van der Waals surface area contributed by atoms with E-state index in [1.165, 1.54) is 238 Å². The number of phosphoric ester groups is 1. The fraction of sp³-hybridized carbons (Fsp3) is 0.927. The highest BCUT2D eigenvalue weighted by molar-refractivity contribution is 7.47. The molecule has 0 aliphatic heterocycles. The summed E-state index contributed by atoms with van der Waals surface area (Å²) >= 11 is 0. The van der Waals surface area contributed by atoms with Crippen LogP contribution in [0.25, 0.3) is 0 Å². The second kappa shape index (κ2) is 51.2. The Kier molecular flexibility index (Phi) is 50.2. The van der Waals surface area contributed by atoms with E-state index in [9.17, 15) is 19.0 Å². The van der Waals surface area contributed by atoms with Crippen LogP contribution in [0, 0.1) is 0 Å². The van der Waals surface area contributed by atoms with Crippen LogP contribution in [0.2, 0.25) is 0 Å². The van der Waals surface area contributed by atoms with E-state index in [4.69, 9.17) is 14.0 Å². The second-order valence-corrected chi connectivity index (χ2v) is 20.6. The first kappa shape index (κ1) is 62.8. The van der Waals surface area contributed by atoms with E-state index in [1.54, 1.807) is 0 Å². The summed E-state index contributed by atoms with van der Waals surface area (Å²) in [6, 6.07) is 0. The van der Waals surface area contributed by atoms with Gasteiger partial charge in [-0.1, -0.05) is 264 Å². The lowest BCUT2D eigenvalue weighted by molar-refractivity contribution is -0.161. The maximum atomic E-state index is 12.6. The number of hydrogen-bond acceptors (Lipinski definition) is 7. The smallest absolute Gasteiger partial charge is 0.462 e. The quantitative estimate of drug-likeness (QED) is 0.0278. The highest BCUT2D eigenvalue weighted by Crippen LogP contribution is 2.42. The Labute approximate surface area is 397 Å². The molecule has 0 saturated carbocycles. The van der Waals surface area contributed by atoms with Crippen LogP contribution >= 0.6 is 7.82 Å². The predicted molar refractivity (Wildman–Crippen MR) is 272 cm³/mol. The van der Waals surface area contributed by atoms with Crippen LogP contribution in [0.5, 0.6) is 0 Å². The van der Waals surface area contributed by atoms with Crippen molar-refractivity contribution in [3.63, 3.8) is 0 Å². The normalized spacial score (nSPS) is 13.1. The highest BCUT2D eigenvalue weighted by Gasteiger charge is 2.24. The lowest BCUT2D eigenvalue weighted by atomic mass is 10.0. The molecule has 0 aromatic heterocycles. The van der Waals surface area contributed by atoms with E-state index in [0.29, 0.717) is 12.8 Å². The number of unbranched alkanes of at least 4 members (excludes halogenated alkanes) is 40. The van der Waals surface area contributed by atoms with Crippen molar-refractivity contribution < 1.29 is 37.6 Å². The molecule has 2 unspecified atom stereocenters. The van der Waals surface area contributed by atoms with Crippen molar-refractivity contribution in [1.82, 2.24) is 0 Å². The van der Waals surface area contributed by atoms with Crippen LogP contribution in [-0.2, 0) is 32.7 Å². The molecule has 64 heavy (non-hydrogen) atoms. The van der Waals surface area contributed by atoms with Gasteiger partial charge in [0, 0.05) is 20.0 Å². The van der Waals surface area contributed by atoms with Crippen LogP contribution < -0.4 is 0 Å². The van der Waals surface area contributed by atoms with Gasteiger partial charge in [0.25, 0.3) is 0 Å². The number of carbonyl (C=O) groups is 2. The third-order valence-corrected chi connectivity index (χ3v) is 13.7. The molecule has 0 heterocycles. The van der Waals surface area contributed by atoms with E-state index in [2.05, 4.69) is 30.5 Å². The van der Waals surface area contributed by atoms with Crippen LogP contribution in [-0.4, -0.2) is 43.3 Å². The summed E-state index contributed by atoms with van der Waals surface area (Å²) in [6.45, 7) is 3.95. The predicted octanol–water partition coefficient (Wildman–Crippen LogP) is 18.4. The molecule has 0 saturated heterocycles. The summed E-state index contributed by atoms with van der Waals surface area (Å²) < 4.78 is 32.2. The molecule has 1 N–H and O–H groups in total. The summed E-state index contributed by atoms with van der Waals surface area (Å²) in [7, 11) is -3.19. The molecule has 380 valence electrons. The Morgan fingerprint density at radius 2 is 0.703 bits per heavy atom. The van der Waals surface area contributed by atoms with Crippen molar-refractivity contribution in [1.29, 1.82) is 0 Å². The number of carbonyl (C=O) groups excluding carboxylic acids is 2. The Balaban J connectivity index is 3.81. The van der Waals surface area contributed by atoms with Crippen molar-refractivity contribution in [2.75, 3.05) is 20.3 Å². The van der Waals surface area contributed by atoms with Gasteiger partial charge in [0.2, 0.25) is 0 Å². The van der Waals surface area contributed by atoms with Gasteiger partial charge in [0.05, 0.1) is 6.61 Å². The van der Waals surface area contributed by atoms with Gasteiger partial charge in [-0.25, -0.2) is 4.57 Å². The fourth-order valence-corrected chi connectivity index (χ4v) is 8.94. The standard InChI is InChI=1S/C55H107O8P/c1-4-6-8-10-12-14-16-18-20-22-24-26-27-28-30-31-33-35-37-39-41-43-45-47-49-54(56)61-51-53(52-62-64(58,59)60-3)63-55(57)50-48-46-44-42-40-38-36-34-32-29-25-23-21-19-17-15-13-11-9-7-5-2/h23,25,53H,4-22,24,26-52H2,1-3H3,(H,58,59)/b25-23-. The van der Waals surface area contributed by atoms with Gasteiger partial charge >= 0.3 is 19.8 Å². The Hall–Kier alpha value is -1.21. The Bertz CT molecular complexity index is 1050. The molecule has 0 aromatic rings. The molecule has 0 rings (SSSR count). The SMILES string of the molecule is CCCCCCCCCC/C=C\CCCCCCCCCCCC(=O)OC(COC(=O)CCCCCCCCCCCCCCCCCCCCCCCCCC)COP(=O)(O)OC. The van der Waals surface area contributed by atoms with Crippen molar-refractivity contribution in [2.24, 2.45) is 0 Å². The van der Waals surface area contributed by atoms with E-state index >= 15 is 0 Å². The van der Waals surface area contributed by atoms with Crippen LogP contribution in [0.3, 0.4) is 0 Å². The summed E-state index contributed by atoms with van der Waals surface area (Å²) in [5.41, 5.74) is 0. The van der Waals surface area contributed by atoms with Gasteiger partial charge in [-0.2, -0.15) is 0 Å². The Morgan fingerprint density at radius 1 is 0.422 bits per heavy atom. The summed E-state index contributed by atoms with van der Waals surface area (Å²) in [5.74, 6) is -0.785. The molecule has 0 aromatic carbocycles. The second-order valence-electron chi connectivity index (χ2n) is 19.1. The lowest BCUT2D eigenvalue weighted by Crippen LogP contribution is -2.29. The number of esters is 2. The largest absolute Gasteiger partial charge is 0.472 e. The van der Waals surface area contributed by atoms with Crippen molar-refractivity contribution in [2.45, 2.75) is 309 Å². The van der Waals surface area contributed by atoms with Crippen LogP contribution in [0.1, 0.15) is 303 Å². The van der Waals surface area contributed by atoms with Crippen LogP contribution in [0.4, 0.5) is 0 Å². The van der Waals surface area contributed by atoms with Gasteiger partial charge in [-0.3, -0.25) is 18.6 Å². The highest BCUT2D eigenvalue weighted by atomic mass is 31.2. The van der Waals surface area contributed by atoms with E-state index in [0.717, 1.165) is 39.2 Å². The van der Waals surface area contributed by atoms with E-state index in [1.807, 2.05) is 0 Å². The molecule has 9 heteroatoms. The minimum atomic E-state index is -4.27. The zero-order valence-electron chi connectivity index (χ0n) is 42.7. The molecule has 0 aliphatic rings. The zero-order valence-corrected chi connectivity index (χ0v) is 43.6. The number of ether oxygens (including phenoxy) is 2. The number of allylic oxidation sites excluding steroid dienone is 2. The van der Waals surface area contributed by atoms with Crippen LogP contribution in [0.15, 0.2) is 12.2 Å². The first-order valence-corrected chi connectivity index (χ1v) is 29.4. The Morgan fingerprint density at radius 3 is 1.02 bits per heavy atom. The molecule has 0 amide bonds. The first-order valence-electron chi connectivity index (χ1n) is 27.9. The summed E-state index contributed by atoms with van der Waals surface area (Å²) in [5, 5.41) is 0. The van der Waals surface area contributed by atoms with Gasteiger partial charge in [0.1, 0.15) is 6.61 Å². The number of hydrogen-bond donors (Lipinski definition) is 1. The average molecular weight is 927 g/mol. The van der Waals surface area contributed by atoms with Gasteiger partial charge in [0.15, 0.2) is 6.10 Å². The minimum Gasteiger partial charge on any atom is -0.462 e. The van der Waals surface area contributed by atoms with Crippen molar-refractivity contribution in [3.05, 3.63) is 12.2 Å². The van der Waals surface area contributed by atoms with Crippen molar-refractivity contribution in [3.8, 4) is 0 Å². The molecule has 0 fully saturated rings. The first-order chi connectivity index (χ1) is 31.3. The summed E-state index contributed by atoms with van der Waals surface area (Å²) in [4.78, 5) is 34.7. The third-order valence-electron chi connectivity index (χ3n) is 12.8. The fourth-order valence-electron chi connectivity index (χ4n) is 8.48. The summed E-state index contributed by atoms with van der Waals surface area (Å²) in [6.07, 6.45) is 60.1. The van der Waals surface area contributed by atoms with E-state index in [-0.39, 0.29) is 19.0 Å². The molecular weight excluding hydrogens is 820 g/mol. The molecule has 8 nitrogen and oxygen atoms in total. The molecule has 0 aliphatic carbocycles. The number of rotatable bonds is 53. The minimum absolute atomic E-state index is 0.219. The molecule has 0 bridgehead atoms.